The molecule has 1 fully saturated rings. The maximum absolute atomic E-state index is 11.5. The van der Waals surface area contributed by atoms with Gasteiger partial charge in [0.2, 0.25) is 0 Å². The standard InChI is InChI=1S/C9H19N3O/c1-7(10)8(2)11-9(13)12-5-3-4-6-12/h7-8H,3-6,10H2,1-2H3,(H,11,13). The Hall–Kier alpha value is -0.770. The van der Waals surface area contributed by atoms with Crippen LogP contribution in [0.4, 0.5) is 4.79 Å². The number of hydrogen-bond acceptors (Lipinski definition) is 2. The van der Waals surface area contributed by atoms with Gasteiger partial charge in [-0.3, -0.25) is 0 Å². The van der Waals surface area contributed by atoms with Gasteiger partial charge in [0.1, 0.15) is 0 Å². The van der Waals surface area contributed by atoms with Crippen molar-refractivity contribution in [1.82, 2.24) is 10.2 Å². The van der Waals surface area contributed by atoms with Gasteiger partial charge in [-0.1, -0.05) is 0 Å². The van der Waals surface area contributed by atoms with E-state index in [9.17, 15) is 4.79 Å². The van der Waals surface area contributed by atoms with Crippen molar-refractivity contribution >= 4 is 6.03 Å². The van der Waals surface area contributed by atoms with Crippen LogP contribution in [0, 0.1) is 0 Å². The van der Waals surface area contributed by atoms with E-state index in [1.54, 1.807) is 0 Å². The first-order valence-corrected chi connectivity index (χ1v) is 4.92. The summed E-state index contributed by atoms with van der Waals surface area (Å²) in [6.45, 7) is 5.60. The van der Waals surface area contributed by atoms with Gasteiger partial charge >= 0.3 is 6.03 Å². The molecule has 4 heteroatoms. The molecule has 1 heterocycles. The van der Waals surface area contributed by atoms with Gasteiger partial charge in [0, 0.05) is 25.2 Å². The van der Waals surface area contributed by atoms with E-state index in [0.29, 0.717) is 0 Å². The summed E-state index contributed by atoms with van der Waals surface area (Å²) in [5.41, 5.74) is 5.65. The van der Waals surface area contributed by atoms with E-state index in [0.717, 1.165) is 25.9 Å². The van der Waals surface area contributed by atoms with Gasteiger partial charge in [-0.2, -0.15) is 0 Å². The van der Waals surface area contributed by atoms with Crippen molar-refractivity contribution in [1.29, 1.82) is 0 Å². The number of nitrogens with two attached hydrogens (primary N) is 1. The second kappa shape index (κ2) is 4.46. The van der Waals surface area contributed by atoms with E-state index in [2.05, 4.69) is 5.32 Å². The number of hydrogen-bond donors (Lipinski definition) is 2. The van der Waals surface area contributed by atoms with Crippen LogP contribution in [-0.4, -0.2) is 36.1 Å². The molecule has 0 spiro atoms. The van der Waals surface area contributed by atoms with Crippen LogP contribution in [0.5, 0.6) is 0 Å². The summed E-state index contributed by atoms with van der Waals surface area (Å²) in [7, 11) is 0. The van der Waals surface area contributed by atoms with Crippen LogP contribution in [-0.2, 0) is 0 Å². The molecule has 4 nitrogen and oxygen atoms in total. The van der Waals surface area contributed by atoms with Gasteiger partial charge in [0.05, 0.1) is 0 Å². The van der Waals surface area contributed by atoms with Crippen molar-refractivity contribution in [2.45, 2.75) is 38.8 Å². The van der Waals surface area contributed by atoms with Crippen LogP contribution in [0.15, 0.2) is 0 Å². The van der Waals surface area contributed by atoms with Crippen LogP contribution >= 0.6 is 0 Å². The second-order valence-corrected chi connectivity index (χ2v) is 3.79. The highest BCUT2D eigenvalue weighted by Crippen LogP contribution is 2.07. The van der Waals surface area contributed by atoms with E-state index >= 15 is 0 Å². The molecule has 13 heavy (non-hydrogen) atoms. The lowest BCUT2D eigenvalue weighted by atomic mass is 10.2. The molecule has 3 N–H and O–H groups in total. The first kappa shape index (κ1) is 10.3. The molecule has 0 aromatic heterocycles. The van der Waals surface area contributed by atoms with Crippen molar-refractivity contribution in [3.63, 3.8) is 0 Å². The third-order valence-electron chi connectivity index (χ3n) is 2.53. The lowest BCUT2D eigenvalue weighted by Gasteiger charge is -2.22. The molecule has 0 aromatic rings. The summed E-state index contributed by atoms with van der Waals surface area (Å²) < 4.78 is 0. The summed E-state index contributed by atoms with van der Waals surface area (Å²) in [4.78, 5) is 13.4. The number of amides is 2. The van der Waals surface area contributed by atoms with E-state index in [-0.39, 0.29) is 18.1 Å². The molecular formula is C9H19N3O. The van der Waals surface area contributed by atoms with E-state index in [4.69, 9.17) is 5.73 Å². The number of nitrogens with zero attached hydrogens (tertiary/aromatic N) is 1. The average molecular weight is 185 g/mol. The fourth-order valence-corrected chi connectivity index (χ4v) is 1.34. The minimum Gasteiger partial charge on any atom is -0.334 e. The molecule has 1 rings (SSSR count). The quantitative estimate of drug-likeness (QED) is 0.659. The smallest absolute Gasteiger partial charge is 0.317 e. The van der Waals surface area contributed by atoms with Crippen molar-refractivity contribution in [2.24, 2.45) is 5.73 Å². The fraction of sp³-hybridized carbons (Fsp3) is 0.889. The maximum Gasteiger partial charge on any atom is 0.317 e. The summed E-state index contributed by atoms with van der Waals surface area (Å²) in [5, 5.41) is 2.88. The van der Waals surface area contributed by atoms with Gasteiger partial charge in [0.15, 0.2) is 0 Å². The highest BCUT2D eigenvalue weighted by molar-refractivity contribution is 5.74. The number of nitrogens with one attached hydrogen (secondary N) is 1. The Kier molecular flexibility index (Phi) is 3.54. The lowest BCUT2D eigenvalue weighted by molar-refractivity contribution is 0.204. The summed E-state index contributed by atoms with van der Waals surface area (Å²) in [6, 6.07) is 0.0851. The third-order valence-corrected chi connectivity index (χ3v) is 2.53. The van der Waals surface area contributed by atoms with Crippen molar-refractivity contribution < 1.29 is 4.79 Å². The number of rotatable bonds is 2. The van der Waals surface area contributed by atoms with Crippen molar-refractivity contribution in [2.75, 3.05) is 13.1 Å². The Labute approximate surface area is 79.5 Å². The normalized spacial score (nSPS) is 21.3. The zero-order valence-electron chi connectivity index (χ0n) is 8.42. The Morgan fingerprint density at radius 3 is 2.38 bits per heavy atom. The molecule has 0 radical (unpaired) electrons. The summed E-state index contributed by atoms with van der Waals surface area (Å²) in [6.07, 6.45) is 2.25. The minimum absolute atomic E-state index is 0.00607. The molecule has 1 aliphatic heterocycles. The van der Waals surface area contributed by atoms with Crippen molar-refractivity contribution in [3.05, 3.63) is 0 Å². The molecule has 0 aromatic carbocycles. The predicted octanol–water partition coefficient (Wildman–Crippen LogP) is 0.527. The molecule has 76 valence electrons. The molecule has 0 bridgehead atoms. The highest BCUT2D eigenvalue weighted by Gasteiger charge is 2.19. The zero-order chi connectivity index (χ0) is 9.84. The second-order valence-electron chi connectivity index (χ2n) is 3.79. The molecule has 0 aliphatic carbocycles. The van der Waals surface area contributed by atoms with E-state index in [1.807, 2.05) is 18.7 Å². The van der Waals surface area contributed by atoms with Crippen LogP contribution in [0.3, 0.4) is 0 Å². The van der Waals surface area contributed by atoms with Gasteiger partial charge < -0.3 is 16.0 Å². The molecule has 2 atom stereocenters. The number of carbonyl (C=O) groups excluding carboxylic acids is 1. The Bertz CT molecular complexity index is 176. The molecule has 1 aliphatic rings. The first-order valence-electron chi connectivity index (χ1n) is 4.92. The largest absolute Gasteiger partial charge is 0.334 e. The van der Waals surface area contributed by atoms with Crippen LogP contribution in [0.25, 0.3) is 0 Å². The van der Waals surface area contributed by atoms with Gasteiger partial charge in [-0.25, -0.2) is 4.79 Å². The molecule has 1 saturated heterocycles. The third kappa shape index (κ3) is 2.88. The van der Waals surface area contributed by atoms with E-state index in [1.165, 1.54) is 0 Å². The minimum atomic E-state index is 0.00607. The summed E-state index contributed by atoms with van der Waals surface area (Å²) in [5.74, 6) is 0. The first-order chi connectivity index (χ1) is 6.11. The number of likely N-dealkylation sites (tertiary alicyclic amines) is 1. The van der Waals surface area contributed by atoms with Gasteiger partial charge in [-0.15, -0.1) is 0 Å². The SMILES string of the molecule is CC(N)C(C)NC(=O)N1CCCC1. The highest BCUT2D eigenvalue weighted by atomic mass is 16.2. The molecule has 2 unspecified atom stereocenters. The topological polar surface area (TPSA) is 58.4 Å². The van der Waals surface area contributed by atoms with E-state index < -0.39 is 0 Å². The molecule has 0 saturated carbocycles. The summed E-state index contributed by atoms with van der Waals surface area (Å²) >= 11 is 0. The lowest BCUT2D eigenvalue weighted by Crippen LogP contribution is -2.48. The maximum atomic E-state index is 11.5. The molecule has 2 amide bonds. The van der Waals surface area contributed by atoms with Gasteiger partial charge in [-0.05, 0) is 26.7 Å². The fourth-order valence-electron chi connectivity index (χ4n) is 1.34. The Balaban J connectivity index is 2.31. The van der Waals surface area contributed by atoms with Crippen LogP contribution in [0.2, 0.25) is 0 Å². The zero-order valence-corrected chi connectivity index (χ0v) is 8.42. The molecular weight excluding hydrogens is 166 g/mol. The Morgan fingerprint density at radius 1 is 1.38 bits per heavy atom. The number of carbonyl (C=O) groups is 1. The predicted molar refractivity (Wildman–Crippen MR) is 52.5 cm³/mol. The van der Waals surface area contributed by atoms with Crippen LogP contribution in [0.1, 0.15) is 26.7 Å². The average Bonchev–Trinajstić information content (AvgIpc) is 2.55. The van der Waals surface area contributed by atoms with Gasteiger partial charge in [0.25, 0.3) is 0 Å². The van der Waals surface area contributed by atoms with Crippen molar-refractivity contribution in [3.8, 4) is 0 Å². The van der Waals surface area contributed by atoms with Crippen LogP contribution < -0.4 is 11.1 Å². The monoisotopic (exact) mass is 185 g/mol. The number of urea groups is 1. The Morgan fingerprint density at radius 2 is 1.92 bits per heavy atom.